The molecule has 2 rings (SSSR count). The highest BCUT2D eigenvalue weighted by Gasteiger charge is 2.26. The second-order valence-electron chi connectivity index (χ2n) is 8.05. The van der Waals surface area contributed by atoms with E-state index >= 15 is 0 Å². The standard InChI is InChI=1S/C22H33BrOSi2/c1-5-6-8-17-21(23)25-24-26(18-13-9-7-10-14-18)20-16-12-11-15-19(20)22(2,3)4/h7,9-16,21,26H,5-6,8,17,25H2,1-4H3. The Morgan fingerprint density at radius 2 is 1.65 bits per heavy atom. The lowest BCUT2D eigenvalue weighted by Crippen LogP contribution is -2.49. The summed E-state index contributed by atoms with van der Waals surface area (Å²) >= 11 is 3.90. The fourth-order valence-corrected chi connectivity index (χ4v) is 10.6. The van der Waals surface area contributed by atoms with Crippen LogP contribution < -0.4 is 10.4 Å². The van der Waals surface area contributed by atoms with Crippen LogP contribution in [0.3, 0.4) is 0 Å². The van der Waals surface area contributed by atoms with Gasteiger partial charge in [0.05, 0.1) is 0 Å². The van der Waals surface area contributed by atoms with Crippen LogP contribution in [0, 0.1) is 0 Å². The number of alkyl halides is 1. The van der Waals surface area contributed by atoms with Gasteiger partial charge in [-0.2, -0.15) is 0 Å². The van der Waals surface area contributed by atoms with Gasteiger partial charge < -0.3 is 4.12 Å². The Morgan fingerprint density at radius 3 is 2.31 bits per heavy atom. The Kier molecular flexibility index (Phi) is 8.81. The predicted molar refractivity (Wildman–Crippen MR) is 124 cm³/mol. The van der Waals surface area contributed by atoms with E-state index in [-0.39, 0.29) is 5.41 Å². The van der Waals surface area contributed by atoms with Gasteiger partial charge in [0.2, 0.25) is 9.04 Å². The van der Waals surface area contributed by atoms with Gasteiger partial charge in [-0.1, -0.05) is 117 Å². The van der Waals surface area contributed by atoms with Crippen LogP contribution in [0.2, 0.25) is 0 Å². The normalized spacial score (nSPS) is 14.7. The van der Waals surface area contributed by atoms with Crippen LogP contribution in [0.1, 0.15) is 58.9 Å². The van der Waals surface area contributed by atoms with Crippen LogP contribution >= 0.6 is 15.9 Å². The molecule has 0 bridgehead atoms. The number of halogens is 1. The monoisotopic (exact) mass is 448 g/mol. The van der Waals surface area contributed by atoms with Crippen LogP contribution in [0.25, 0.3) is 0 Å². The van der Waals surface area contributed by atoms with Gasteiger partial charge >= 0.3 is 0 Å². The van der Waals surface area contributed by atoms with Crippen molar-refractivity contribution in [3.8, 4) is 0 Å². The molecule has 2 aromatic rings. The van der Waals surface area contributed by atoms with Gasteiger partial charge in [0.15, 0.2) is 9.76 Å². The summed E-state index contributed by atoms with van der Waals surface area (Å²) in [7, 11) is -2.26. The lowest BCUT2D eigenvalue weighted by molar-refractivity contribution is 0.586. The molecule has 0 radical (unpaired) electrons. The van der Waals surface area contributed by atoms with Crippen molar-refractivity contribution in [3.05, 3.63) is 60.2 Å². The molecule has 0 aliphatic carbocycles. The molecule has 0 aliphatic heterocycles. The molecule has 2 atom stereocenters. The summed E-state index contributed by atoms with van der Waals surface area (Å²) < 4.78 is 7.35. The largest absolute Gasteiger partial charge is 0.455 e. The molecule has 0 aromatic heterocycles. The van der Waals surface area contributed by atoms with Gasteiger partial charge in [-0.3, -0.25) is 0 Å². The van der Waals surface area contributed by atoms with E-state index in [1.807, 2.05) is 0 Å². The molecule has 0 saturated heterocycles. The third-order valence-corrected chi connectivity index (χ3v) is 10.9. The van der Waals surface area contributed by atoms with Gasteiger partial charge in [-0.05, 0) is 27.8 Å². The lowest BCUT2D eigenvalue weighted by Gasteiger charge is -2.28. The summed E-state index contributed by atoms with van der Waals surface area (Å²) in [5, 5.41) is 2.84. The molecule has 1 nitrogen and oxygen atoms in total. The maximum atomic E-state index is 6.77. The molecule has 0 fully saturated rings. The SMILES string of the molecule is CCCCCC(Br)[SiH2]O[SiH](c1ccccc1)c1ccccc1C(C)(C)C. The summed E-state index contributed by atoms with van der Waals surface area (Å²) in [5.41, 5.74) is 1.57. The Hall–Kier alpha value is -0.686. The van der Waals surface area contributed by atoms with Gasteiger partial charge in [-0.15, -0.1) is 0 Å². The van der Waals surface area contributed by atoms with E-state index in [0.29, 0.717) is 4.45 Å². The van der Waals surface area contributed by atoms with Crippen molar-refractivity contribution < 1.29 is 4.12 Å². The van der Waals surface area contributed by atoms with Crippen LogP contribution in [-0.2, 0) is 9.53 Å². The predicted octanol–water partition coefficient (Wildman–Crippen LogP) is 4.22. The summed E-state index contributed by atoms with van der Waals surface area (Å²) in [5.74, 6) is 0. The van der Waals surface area contributed by atoms with Crippen LogP contribution in [0.15, 0.2) is 54.6 Å². The molecule has 0 amide bonds. The lowest BCUT2D eigenvalue weighted by atomic mass is 9.87. The molecule has 2 unspecified atom stereocenters. The van der Waals surface area contributed by atoms with E-state index < -0.39 is 18.8 Å². The first kappa shape index (κ1) is 21.6. The Labute approximate surface area is 172 Å². The first-order chi connectivity index (χ1) is 12.4. The molecule has 0 aliphatic rings. The number of hydrogen-bond donors (Lipinski definition) is 0. The van der Waals surface area contributed by atoms with Crippen molar-refractivity contribution in [2.75, 3.05) is 0 Å². The number of rotatable bonds is 9. The summed E-state index contributed by atoms with van der Waals surface area (Å²) in [6.07, 6.45) is 5.15. The van der Waals surface area contributed by atoms with Crippen LogP contribution in [0.4, 0.5) is 0 Å². The fourth-order valence-electron chi connectivity index (χ4n) is 3.30. The highest BCUT2D eigenvalue weighted by Crippen LogP contribution is 2.21. The Bertz CT molecular complexity index is 655. The third kappa shape index (κ3) is 6.48. The Morgan fingerprint density at radius 1 is 1.00 bits per heavy atom. The molecule has 142 valence electrons. The maximum absolute atomic E-state index is 6.77. The van der Waals surface area contributed by atoms with Crippen molar-refractivity contribution in [2.24, 2.45) is 0 Å². The van der Waals surface area contributed by atoms with E-state index in [1.54, 1.807) is 0 Å². The molecule has 4 heteroatoms. The molecule has 2 aromatic carbocycles. The average molecular weight is 450 g/mol. The van der Waals surface area contributed by atoms with E-state index in [4.69, 9.17) is 4.12 Å². The highest BCUT2D eigenvalue weighted by atomic mass is 79.9. The molecule has 0 saturated carbocycles. The number of benzene rings is 2. The average Bonchev–Trinajstić information content (AvgIpc) is 2.62. The van der Waals surface area contributed by atoms with E-state index in [9.17, 15) is 0 Å². The van der Waals surface area contributed by atoms with Gasteiger partial charge in [-0.25, -0.2) is 0 Å². The van der Waals surface area contributed by atoms with Gasteiger partial charge in [0.25, 0.3) is 0 Å². The highest BCUT2D eigenvalue weighted by molar-refractivity contribution is 9.10. The second kappa shape index (κ2) is 10.6. The van der Waals surface area contributed by atoms with Crippen LogP contribution in [0.5, 0.6) is 0 Å². The minimum Gasteiger partial charge on any atom is -0.455 e. The van der Waals surface area contributed by atoms with Crippen molar-refractivity contribution in [2.45, 2.75) is 63.2 Å². The maximum Gasteiger partial charge on any atom is 0.228 e. The smallest absolute Gasteiger partial charge is 0.228 e. The molecular weight excluding hydrogens is 416 g/mol. The molecular formula is C22H33BrOSi2. The van der Waals surface area contributed by atoms with Crippen molar-refractivity contribution >= 4 is 45.1 Å². The Balaban J connectivity index is 2.24. The van der Waals surface area contributed by atoms with Crippen molar-refractivity contribution in [3.63, 3.8) is 0 Å². The minimum absolute atomic E-state index is 0.135. The summed E-state index contributed by atoms with van der Waals surface area (Å²) in [4.78, 5) is 0. The van der Waals surface area contributed by atoms with Crippen LogP contribution in [-0.4, -0.2) is 23.3 Å². The second-order valence-corrected chi connectivity index (χ2v) is 15.2. The molecule has 26 heavy (non-hydrogen) atoms. The zero-order valence-electron chi connectivity index (χ0n) is 16.7. The molecule has 0 N–H and O–H groups in total. The number of unbranched alkanes of at least 4 members (excludes halogenated alkanes) is 2. The topological polar surface area (TPSA) is 9.23 Å². The fraction of sp³-hybridized carbons (Fsp3) is 0.455. The zero-order chi connectivity index (χ0) is 19.0. The molecule has 0 spiro atoms. The van der Waals surface area contributed by atoms with E-state index in [2.05, 4.69) is 98.2 Å². The summed E-state index contributed by atoms with van der Waals surface area (Å²) in [6, 6.07) is 19.8. The quantitative estimate of drug-likeness (QED) is 0.316. The third-order valence-electron chi connectivity index (χ3n) is 4.72. The summed E-state index contributed by atoms with van der Waals surface area (Å²) in [6.45, 7) is 9.17. The van der Waals surface area contributed by atoms with Gasteiger partial charge in [0.1, 0.15) is 0 Å². The number of hydrogen-bond acceptors (Lipinski definition) is 1. The van der Waals surface area contributed by atoms with E-state index in [0.717, 1.165) is 0 Å². The minimum atomic E-state index is -1.66. The zero-order valence-corrected chi connectivity index (χ0v) is 20.8. The first-order valence-corrected chi connectivity index (χ1v) is 13.8. The first-order valence-electron chi connectivity index (χ1n) is 9.83. The van der Waals surface area contributed by atoms with Crippen molar-refractivity contribution in [1.82, 2.24) is 0 Å². The van der Waals surface area contributed by atoms with Gasteiger partial charge in [0, 0.05) is 4.45 Å². The molecule has 0 heterocycles. The van der Waals surface area contributed by atoms with E-state index in [1.165, 1.54) is 41.6 Å². The van der Waals surface area contributed by atoms with Crippen molar-refractivity contribution in [1.29, 1.82) is 0 Å².